The van der Waals surface area contributed by atoms with Crippen LogP contribution in [0, 0.1) is 6.92 Å². The van der Waals surface area contributed by atoms with Gasteiger partial charge in [0, 0.05) is 18.3 Å². The summed E-state index contributed by atoms with van der Waals surface area (Å²) in [4.78, 5) is 4.24. The van der Waals surface area contributed by atoms with Crippen molar-refractivity contribution in [2.75, 3.05) is 0 Å². The van der Waals surface area contributed by atoms with Gasteiger partial charge in [-0.3, -0.25) is 0 Å². The molecule has 0 aliphatic heterocycles. The van der Waals surface area contributed by atoms with E-state index in [0.29, 0.717) is 5.88 Å². The van der Waals surface area contributed by atoms with Crippen LogP contribution in [0.3, 0.4) is 0 Å². The molecule has 3 nitrogen and oxygen atoms in total. The Hall–Kier alpha value is -1.39. The van der Waals surface area contributed by atoms with Crippen LogP contribution in [-0.4, -0.2) is 4.98 Å². The summed E-state index contributed by atoms with van der Waals surface area (Å²) >= 11 is 3.47. The third kappa shape index (κ3) is 3.09. The molecule has 1 heterocycles. The van der Waals surface area contributed by atoms with Crippen LogP contribution in [-0.2, 0) is 0 Å². The monoisotopic (exact) mass is 306 g/mol. The lowest BCUT2D eigenvalue weighted by atomic mass is 10.2. The molecule has 18 heavy (non-hydrogen) atoms. The quantitative estimate of drug-likeness (QED) is 0.933. The van der Waals surface area contributed by atoms with Gasteiger partial charge in [0.1, 0.15) is 5.75 Å². The summed E-state index contributed by atoms with van der Waals surface area (Å²) < 4.78 is 6.62. The van der Waals surface area contributed by atoms with Gasteiger partial charge in [0.2, 0.25) is 5.88 Å². The summed E-state index contributed by atoms with van der Waals surface area (Å²) in [6, 6.07) is 9.65. The zero-order chi connectivity index (χ0) is 13.1. The van der Waals surface area contributed by atoms with E-state index in [-0.39, 0.29) is 6.04 Å². The van der Waals surface area contributed by atoms with Crippen LogP contribution in [0.1, 0.15) is 24.1 Å². The molecular weight excluding hydrogens is 292 g/mol. The minimum atomic E-state index is -0.0161. The van der Waals surface area contributed by atoms with Crippen LogP contribution in [0.5, 0.6) is 11.6 Å². The van der Waals surface area contributed by atoms with Gasteiger partial charge >= 0.3 is 0 Å². The molecule has 0 aliphatic carbocycles. The van der Waals surface area contributed by atoms with E-state index < -0.39 is 0 Å². The van der Waals surface area contributed by atoms with Gasteiger partial charge in [-0.05, 0) is 53.0 Å². The first-order chi connectivity index (χ1) is 8.56. The molecule has 0 fully saturated rings. The number of hydrogen-bond acceptors (Lipinski definition) is 3. The second-order valence-electron chi connectivity index (χ2n) is 4.25. The molecule has 1 atom stereocenters. The Kier molecular flexibility index (Phi) is 3.99. The van der Waals surface area contributed by atoms with Gasteiger partial charge in [0.05, 0.1) is 4.47 Å². The highest BCUT2D eigenvalue weighted by Gasteiger charge is 2.05. The van der Waals surface area contributed by atoms with Gasteiger partial charge in [-0.25, -0.2) is 4.98 Å². The maximum Gasteiger partial charge on any atom is 0.219 e. The Morgan fingerprint density at radius 3 is 2.61 bits per heavy atom. The van der Waals surface area contributed by atoms with Gasteiger partial charge in [0.15, 0.2) is 0 Å². The van der Waals surface area contributed by atoms with E-state index in [1.54, 1.807) is 6.20 Å². The highest BCUT2D eigenvalue weighted by Crippen LogP contribution is 2.29. The summed E-state index contributed by atoms with van der Waals surface area (Å²) in [5.74, 6) is 1.31. The van der Waals surface area contributed by atoms with Crippen LogP contribution in [0.2, 0.25) is 0 Å². The van der Waals surface area contributed by atoms with Crippen LogP contribution in [0.25, 0.3) is 0 Å². The average Bonchev–Trinajstić information content (AvgIpc) is 2.33. The number of ether oxygens (including phenoxy) is 1. The van der Waals surface area contributed by atoms with Crippen molar-refractivity contribution in [1.29, 1.82) is 0 Å². The predicted molar refractivity (Wildman–Crippen MR) is 75.8 cm³/mol. The van der Waals surface area contributed by atoms with E-state index in [0.717, 1.165) is 15.8 Å². The fraction of sp³-hybridized carbons (Fsp3) is 0.214. The third-order valence-electron chi connectivity index (χ3n) is 2.59. The van der Waals surface area contributed by atoms with Crippen molar-refractivity contribution in [2.45, 2.75) is 19.9 Å². The molecule has 94 valence electrons. The van der Waals surface area contributed by atoms with Crippen LogP contribution < -0.4 is 10.5 Å². The Morgan fingerprint density at radius 2 is 2.06 bits per heavy atom. The Labute approximate surface area is 115 Å². The first kappa shape index (κ1) is 13.1. The molecule has 0 bridgehead atoms. The van der Waals surface area contributed by atoms with Crippen molar-refractivity contribution in [1.82, 2.24) is 4.98 Å². The minimum absolute atomic E-state index is 0.0161. The standard InChI is InChI=1S/C14H15BrN2O/c1-9-3-5-13(12(15)7-9)18-14-6-4-11(8-17-14)10(2)16/h3-8,10H,16H2,1-2H3/t10-/m1/s1. The van der Waals surface area contributed by atoms with Crippen molar-refractivity contribution < 1.29 is 4.74 Å². The Bertz CT molecular complexity index is 538. The van der Waals surface area contributed by atoms with E-state index in [4.69, 9.17) is 10.5 Å². The number of nitrogens with zero attached hydrogens (tertiary/aromatic N) is 1. The highest BCUT2D eigenvalue weighted by molar-refractivity contribution is 9.10. The predicted octanol–water partition coefficient (Wildman–Crippen LogP) is 3.96. The zero-order valence-corrected chi connectivity index (χ0v) is 11.9. The van der Waals surface area contributed by atoms with Crippen molar-refractivity contribution in [3.8, 4) is 11.6 Å². The second-order valence-corrected chi connectivity index (χ2v) is 5.11. The van der Waals surface area contributed by atoms with Crippen molar-refractivity contribution in [3.05, 3.63) is 52.1 Å². The number of aryl methyl sites for hydroxylation is 1. The zero-order valence-electron chi connectivity index (χ0n) is 10.4. The smallest absolute Gasteiger partial charge is 0.219 e. The fourth-order valence-corrected chi connectivity index (χ4v) is 2.10. The van der Waals surface area contributed by atoms with Gasteiger partial charge in [-0.1, -0.05) is 12.1 Å². The van der Waals surface area contributed by atoms with Crippen LogP contribution in [0.4, 0.5) is 0 Å². The van der Waals surface area contributed by atoms with Crippen molar-refractivity contribution in [3.63, 3.8) is 0 Å². The lowest BCUT2D eigenvalue weighted by Crippen LogP contribution is -2.05. The van der Waals surface area contributed by atoms with Crippen molar-refractivity contribution in [2.24, 2.45) is 5.73 Å². The van der Waals surface area contributed by atoms with E-state index in [9.17, 15) is 0 Å². The van der Waals surface area contributed by atoms with Gasteiger partial charge in [-0.2, -0.15) is 0 Å². The number of rotatable bonds is 3. The number of pyridine rings is 1. The summed E-state index contributed by atoms with van der Waals surface area (Å²) in [5.41, 5.74) is 7.94. The largest absolute Gasteiger partial charge is 0.438 e. The topological polar surface area (TPSA) is 48.1 Å². The molecule has 1 aromatic carbocycles. The molecule has 0 amide bonds. The average molecular weight is 307 g/mol. The molecular formula is C14H15BrN2O. The molecule has 2 aromatic rings. The highest BCUT2D eigenvalue weighted by atomic mass is 79.9. The molecule has 4 heteroatoms. The molecule has 0 spiro atoms. The number of halogens is 1. The van der Waals surface area contributed by atoms with Gasteiger partial charge in [0.25, 0.3) is 0 Å². The van der Waals surface area contributed by atoms with E-state index in [1.165, 1.54) is 5.56 Å². The molecule has 0 radical (unpaired) electrons. The number of nitrogens with two attached hydrogens (primary N) is 1. The maximum atomic E-state index is 5.77. The van der Waals surface area contributed by atoms with Crippen LogP contribution >= 0.6 is 15.9 Å². The van der Waals surface area contributed by atoms with Crippen LogP contribution in [0.15, 0.2) is 41.0 Å². The second kappa shape index (κ2) is 5.50. The number of benzene rings is 1. The minimum Gasteiger partial charge on any atom is -0.438 e. The summed E-state index contributed by atoms with van der Waals surface area (Å²) in [5, 5.41) is 0. The first-order valence-corrected chi connectivity index (χ1v) is 6.51. The molecule has 2 N–H and O–H groups in total. The molecule has 0 unspecified atom stereocenters. The Morgan fingerprint density at radius 1 is 1.28 bits per heavy atom. The van der Waals surface area contributed by atoms with E-state index >= 15 is 0 Å². The van der Waals surface area contributed by atoms with Gasteiger partial charge in [-0.15, -0.1) is 0 Å². The van der Waals surface area contributed by atoms with E-state index in [2.05, 4.69) is 20.9 Å². The molecule has 1 aromatic heterocycles. The summed E-state index contributed by atoms with van der Waals surface area (Å²) in [6.07, 6.45) is 1.74. The van der Waals surface area contributed by atoms with E-state index in [1.807, 2.05) is 44.2 Å². The van der Waals surface area contributed by atoms with Crippen molar-refractivity contribution >= 4 is 15.9 Å². The lowest BCUT2D eigenvalue weighted by Gasteiger charge is -2.09. The third-order valence-corrected chi connectivity index (χ3v) is 3.21. The summed E-state index contributed by atoms with van der Waals surface area (Å²) in [6.45, 7) is 3.96. The normalized spacial score (nSPS) is 12.2. The summed E-state index contributed by atoms with van der Waals surface area (Å²) in [7, 11) is 0. The number of aromatic nitrogens is 1. The molecule has 0 saturated carbocycles. The molecule has 0 aliphatic rings. The number of hydrogen-bond donors (Lipinski definition) is 1. The SMILES string of the molecule is Cc1ccc(Oc2ccc([C@@H](C)N)cn2)c(Br)c1. The first-order valence-electron chi connectivity index (χ1n) is 5.72. The Balaban J connectivity index is 2.18. The molecule has 0 saturated heterocycles. The maximum absolute atomic E-state index is 5.77. The lowest BCUT2D eigenvalue weighted by molar-refractivity contribution is 0.459. The van der Waals surface area contributed by atoms with Gasteiger partial charge < -0.3 is 10.5 Å². The fourth-order valence-electron chi connectivity index (χ4n) is 1.52. The molecule has 2 rings (SSSR count).